The SMILES string of the molecule is C=C/C(=C\C=NC(C)C)C(=O)OC. The Morgan fingerprint density at radius 3 is 2.54 bits per heavy atom. The van der Waals surface area contributed by atoms with Crippen LogP contribution in [0.5, 0.6) is 0 Å². The van der Waals surface area contributed by atoms with Crippen molar-refractivity contribution in [1.82, 2.24) is 0 Å². The van der Waals surface area contributed by atoms with Crippen molar-refractivity contribution in [3.05, 3.63) is 24.3 Å². The van der Waals surface area contributed by atoms with Crippen LogP contribution in [-0.2, 0) is 9.53 Å². The lowest BCUT2D eigenvalue weighted by Gasteiger charge is -1.97. The summed E-state index contributed by atoms with van der Waals surface area (Å²) < 4.78 is 4.52. The predicted molar refractivity (Wildman–Crippen MR) is 53.9 cm³/mol. The highest BCUT2D eigenvalue weighted by Gasteiger charge is 2.02. The van der Waals surface area contributed by atoms with Gasteiger partial charge in [0.2, 0.25) is 0 Å². The van der Waals surface area contributed by atoms with E-state index in [2.05, 4.69) is 16.3 Å². The van der Waals surface area contributed by atoms with Crippen molar-refractivity contribution in [3.63, 3.8) is 0 Å². The van der Waals surface area contributed by atoms with Crippen molar-refractivity contribution in [2.24, 2.45) is 4.99 Å². The fourth-order valence-corrected chi connectivity index (χ4v) is 0.633. The largest absolute Gasteiger partial charge is 0.465 e. The molecule has 3 nitrogen and oxygen atoms in total. The first-order valence-corrected chi connectivity index (χ1v) is 4.06. The molecule has 0 aliphatic heterocycles. The normalized spacial score (nSPS) is 12.2. The van der Waals surface area contributed by atoms with E-state index >= 15 is 0 Å². The van der Waals surface area contributed by atoms with Crippen molar-refractivity contribution in [2.75, 3.05) is 7.11 Å². The number of methoxy groups -OCH3 is 1. The molecule has 0 saturated carbocycles. The van der Waals surface area contributed by atoms with Crippen LogP contribution in [-0.4, -0.2) is 25.3 Å². The van der Waals surface area contributed by atoms with Gasteiger partial charge in [0, 0.05) is 12.3 Å². The minimum atomic E-state index is -0.398. The second-order valence-corrected chi connectivity index (χ2v) is 2.71. The van der Waals surface area contributed by atoms with Gasteiger partial charge in [0.15, 0.2) is 0 Å². The summed E-state index contributed by atoms with van der Waals surface area (Å²) >= 11 is 0. The van der Waals surface area contributed by atoms with Gasteiger partial charge in [-0.3, -0.25) is 4.99 Å². The number of allylic oxidation sites excluding steroid dienone is 1. The maximum absolute atomic E-state index is 11.0. The van der Waals surface area contributed by atoms with E-state index in [0.29, 0.717) is 5.57 Å². The van der Waals surface area contributed by atoms with Gasteiger partial charge in [-0.25, -0.2) is 4.79 Å². The van der Waals surface area contributed by atoms with E-state index in [4.69, 9.17) is 0 Å². The molecule has 0 atom stereocenters. The van der Waals surface area contributed by atoms with Crippen molar-refractivity contribution < 1.29 is 9.53 Å². The van der Waals surface area contributed by atoms with Gasteiger partial charge >= 0.3 is 5.97 Å². The van der Waals surface area contributed by atoms with Crippen molar-refractivity contribution in [1.29, 1.82) is 0 Å². The van der Waals surface area contributed by atoms with Crippen LogP contribution in [0.15, 0.2) is 29.3 Å². The highest BCUT2D eigenvalue weighted by atomic mass is 16.5. The lowest BCUT2D eigenvalue weighted by Crippen LogP contribution is -2.02. The molecule has 0 aromatic carbocycles. The molecule has 0 aromatic heterocycles. The van der Waals surface area contributed by atoms with Crippen LogP contribution in [0, 0.1) is 0 Å². The van der Waals surface area contributed by atoms with Crippen molar-refractivity contribution >= 4 is 12.2 Å². The molecule has 0 N–H and O–H groups in total. The molecular weight excluding hydrogens is 166 g/mol. The van der Waals surface area contributed by atoms with Gasteiger partial charge in [-0.05, 0) is 19.9 Å². The molecule has 0 radical (unpaired) electrons. The lowest BCUT2D eigenvalue weighted by molar-refractivity contribution is -0.135. The molecule has 0 amide bonds. The van der Waals surface area contributed by atoms with E-state index in [9.17, 15) is 4.79 Å². The Bertz CT molecular complexity index is 239. The highest BCUT2D eigenvalue weighted by Crippen LogP contribution is 1.97. The number of nitrogens with zero attached hydrogens (tertiary/aromatic N) is 1. The van der Waals surface area contributed by atoms with Gasteiger partial charge in [-0.15, -0.1) is 0 Å². The third kappa shape index (κ3) is 4.95. The standard InChI is InChI=1S/C10H15NO2/c1-5-9(10(12)13-4)6-7-11-8(2)3/h5-8H,1H2,2-4H3/b9-6+,11-7?. The molecule has 0 bridgehead atoms. The van der Waals surface area contributed by atoms with Crippen LogP contribution >= 0.6 is 0 Å². The molecule has 0 rings (SSSR count). The van der Waals surface area contributed by atoms with Gasteiger partial charge in [0.25, 0.3) is 0 Å². The molecule has 0 spiro atoms. The average Bonchev–Trinajstić information content (AvgIpc) is 2.11. The zero-order valence-electron chi connectivity index (χ0n) is 8.28. The maximum Gasteiger partial charge on any atom is 0.337 e. The summed E-state index contributed by atoms with van der Waals surface area (Å²) in [5.41, 5.74) is 0.409. The average molecular weight is 181 g/mol. The molecule has 3 heteroatoms. The summed E-state index contributed by atoms with van der Waals surface area (Å²) in [5, 5.41) is 0. The van der Waals surface area contributed by atoms with Crippen LogP contribution in [0.1, 0.15) is 13.8 Å². The number of aliphatic imine (C=N–C) groups is 1. The third-order valence-electron chi connectivity index (χ3n) is 1.28. The van der Waals surface area contributed by atoms with Gasteiger partial charge in [-0.1, -0.05) is 12.7 Å². The molecule has 0 aliphatic rings. The van der Waals surface area contributed by atoms with E-state index in [1.54, 1.807) is 12.3 Å². The fourth-order valence-electron chi connectivity index (χ4n) is 0.633. The molecule has 0 aliphatic carbocycles. The van der Waals surface area contributed by atoms with Crippen molar-refractivity contribution in [3.8, 4) is 0 Å². The summed E-state index contributed by atoms with van der Waals surface area (Å²) in [4.78, 5) is 15.1. The molecule has 72 valence electrons. The zero-order valence-corrected chi connectivity index (χ0v) is 8.28. The Hall–Kier alpha value is -1.38. The Morgan fingerprint density at radius 2 is 2.15 bits per heavy atom. The number of carbonyl (C=O) groups is 1. The quantitative estimate of drug-likeness (QED) is 0.287. The van der Waals surface area contributed by atoms with Gasteiger partial charge in [0.05, 0.1) is 12.7 Å². The maximum atomic E-state index is 11.0. The first kappa shape index (κ1) is 11.6. The predicted octanol–water partition coefficient (Wildman–Crippen LogP) is 1.75. The van der Waals surface area contributed by atoms with Crippen LogP contribution in [0.4, 0.5) is 0 Å². The second kappa shape index (κ2) is 6.17. The number of hydrogen-bond acceptors (Lipinski definition) is 3. The van der Waals surface area contributed by atoms with Crippen LogP contribution in [0.3, 0.4) is 0 Å². The molecule has 0 fully saturated rings. The molecule has 13 heavy (non-hydrogen) atoms. The molecular formula is C10H15NO2. The summed E-state index contributed by atoms with van der Waals surface area (Å²) in [6, 6.07) is 0.222. The van der Waals surface area contributed by atoms with E-state index in [-0.39, 0.29) is 6.04 Å². The number of esters is 1. The van der Waals surface area contributed by atoms with Crippen molar-refractivity contribution in [2.45, 2.75) is 19.9 Å². The van der Waals surface area contributed by atoms with Gasteiger partial charge in [0.1, 0.15) is 0 Å². The molecule has 0 aromatic rings. The second-order valence-electron chi connectivity index (χ2n) is 2.71. The van der Waals surface area contributed by atoms with Crippen LogP contribution in [0.25, 0.3) is 0 Å². The summed E-state index contributed by atoms with van der Waals surface area (Å²) in [7, 11) is 1.33. The first-order chi connectivity index (χ1) is 6.11. The Kier molecular flexibility index (Phi) is 5.52. The summed E-state index contributed by atoms with van der Waals surface area (Å²) in [6.07, 6.45) is 4.61. The van der Waals surface area contributed by atoms with E-state index in [1.807, 2.05) is 13.8 Å². The Labute approximate surface area is 78.8 Å². The first-order valence-electron chi connectivity index (χ1n) is 4.06. The topological polar surface area (TPSA) is 38.7 Å². The van der Waals surface area contributed by atoms with E-state index < -0.39 is 5.97 Å². The molecule has 0 unspecified atom stereocenters. The summed E-state index contributed by atoms with van der Waals surface area (Å²) in [5.74, 6) is -0.398. The number of ether oxygens (including phenoxy) is 1. The highest BCUT2D eigenvalue weighted by molar-refractivity contribution is 5.95. The Morgan fingerprint density at radius 1 is 1.54 bits per heavy atom. The summed E-state index contributed by atoms with van der Waals surface area (Å²) in [6.45, 7) is 7.41. The fraction of sp³-hybridized carbons (Fsp3) is 0.400. The number of carbonyl (C=O) groups excluding carboxylic acids is 1. The van der Waals surface area contributed by atoms with Crippen LogP contribution < -0.4 is 0 Å². The monoisotopic (exact) mass is 181 g/mol. The Balaban J connectivity index is 4.40. The zero-order chi connectivity index (χ0) is 10.3. The number of rotatable bonds is 4. The van der Waals surface area contributed by atoms with Gasteiger partial charge in [-0.2, -0.15) is 0 Å². The third-order valence-corrected chi connectivity index (χ3v) is 1.28. The minimum absolute atomic E-state index is 0.222. The smallest absolute Gasteiger partial charge is 0.337 e. The van der Waals surface area contributed by atoms with E-state index in [1.165, 1.54) is 13.2 Å². The molecule has 0 heterocycles. The van der Waals surface area contributed by atoms with Crippen LogP contribution in [0.2, 0.25) is 0 Å². The van der Waals surface area contributed by atoms with Gasteiger partial charge < -0.3 is 4.74 Å². The van der Waals surface area contributed by atoms with E-state index in [0.717, 1.165) is 0 Å². The molecule has 0 saturated heterocycles. The lowest BCUT2D eigenvalue weighted by atomic mass is 10.2. The minimum Gasteiger partial charge on any atom is -0.465 e. The number of hydrogen-bond donors (Lipinski definition) is 0.